The number of nitrogens with zero attached hydrogens (tertiary/aromatic N) is 4. The number of carbonyl (C=O) groups is 2. The lowest BCUT2D eigenvalue weighted by Gasteiger charge is -2.17. The van der Waals surface area contributed by atoms with E-state index < -0.39 is 0 Å². The van der Waals surface area contributed by atoms with E-state index in [0.29, 0.717) is 36.1 Å². The summed E-state index contributed by atoms with van der Waals surface area (Å²) in [7, 11) is 0. The van der Waals surface area contributed by atoms with Crippen molar-refractivity contribution in [1.82, 2.24) is 24.8 Å². The Bertz CT molecular complexity index is 1130. The average Bonchev–Trinajstić information content (AvgIpc) is 3.19. The SMILES string of the molecule is Cc1cccc2c(=O)n(CC(=O)NC3CCN(C(=O)c4ccccn4)C3)cnc12. The van der Waals surface area contributed by atoms with Crippen LogP contribution in [0.3, 0.4) is 0 Å². The summed E-state index contributed by atoms with van der Waals surface area (Å²) in [5, 5.41) is 3.40. The molecule has 148 valence electrons. The second-order valence-electron chi connectivity index (χ2n) is 7.17. The summed E-state index contributed by atoms with van der Waals surface area (Å²) < 4.78 is 1.31. The molecule has 1 aromatic carbocycles. The van der Waals surface area contributed by atoms with Gasteiger partial charge in [0.1, 0.15) is 12.2 Å². The number of hydrogen-bond donors (Lipinski definition) is 1. The zero-order valence-corrected chi connectivity index (χ0v) is 16.0. The summed E-state index contributed by atoms with van der Waals surface area (Å²) in [6.45, 7) is 2.76. The number of hydrogen-bond acceptors (Lipinski definition) is 5. The molecule has 2 aromatic heterocycles. The Hall–Kier alpha value is -3.55. The molecule has 29 heavy (non-hydrogen) atoms. The van der Waals surface area contributed by atoms with Crippen LogP contribution in [-0.4, -0.2) is 50.4 Å². The van der Waals surface area contributed by atoms with E-state index in [2.05, 4.69) is 15.3 Å². The number of para-hydroxylation sites is 1. The molecule has 1 saturated heterocycles. The molecule has 4 rings (SSSR count). The molecular weight excluding hydrogens is 370 g/mol. The summed E-state index contributed by atoms with van der Waals surface area (Å²) in [6.07, 6.45) is 3.65. The van der Waals surface area contributed by atoms with Gasteiger partial charge in [0.2, 0.25) is 5.91 Å². The van der Waals surface area contributed by atoms with Crippen LogP contribution in [0.2, 0.25) is 0 Å². The van der Waals surface area contributed by atoms with E-state index in [-0.39, 0.29) is 30.0 Å². The van der Waals surface area contributed by atoms with Gasteiger partial charge in [0, 0.05) is 25.3 Å². The van der Waals surface area contributed by atoms with Crippen molar-refractivity contribution in [2.45, 2.75) is 25.9 Å². The molecule has 0 radical (unpaired) electrons. The van der Waals surface area contributed by atoms with Crippen LogP contribution in [0, 0.1) is 6.92 Å². The van der Waals surface area contributed by atoms with Crippen LogP contribution in [0.25, 0.3) is 10.9 Å². The zero-order valence-electron chi connectivity index (χ0n) is 16.0. The maximum absolute atomic E-state index is 12.6. The molecule has 1 atom stereocenters. The van der Waals surface area contributed by atoms with Crippen LogP contribution in [0.4, 0.5) is 0 Å². The van der Waals surface area contributed by atoms with Crippen LogP contribution in [0.1, 0.15) is 22.5 Å². The van der Waals surface area contributed by atoms with Crippen LogP contribution in [-0.2, 0) is 11.3 Å². The maximum atomic E-state index is 12.6. The van der Waals surface area contributed by atoms with Gasteiger partial charge in [0.05, 0.1) is 17.2 Å². The van der Waals surface area contributed by atoms with Crippen molar-refractivity contribution in [1.29, 1.82) is 0 Å². The summed E-state index contributed by atoms with van der Waals surface area (Å²) in [5.74, 6) is -0.425. The fourth-order valence-electron chi connectivity index (χ4n) is 3.59. The van der Waals surface area contributed by atoms with E-state index in [1.807, 2.05) is 13.0 Å². The largest absolute Gasteiger partial charge is 0.350 e. The van der Waals surface area contributed by atoms with E-state index in [1.165, 1.54) is 10.9 Å². The molecule has 1 N–H and O–H groups in total. The molecule has 0 spiro atoms. The Morgan fingerprint density at radius 3 is 2.83 bits per heavy atom. The van der Waals surface area contributed by atoms with Gasteiger partial charge < -0.3 is 10.2 Å². The van der Waals surface area contributed by atoms with Crippen LogP contribution >= 0.6 is 0 Å². The Morgan fingerprint density at radius 2 is 2.03 bits per heavy atom. The monoisotopic (exact) mass is 391 g/mol. The number of carbonyl (C=O) groups excluding carboxylic acids is 2. The van der Waals surface area contributed by atoms with Gasteiger partial charge in [-0.2, -0.15) is 0 Å². The smallest absolute Gasteiger partial charge is 0.272 e. The number of aryl methyl sites for hydroxylation is 1. The third-order valence-corrected chi connectivity index (χ3v) is 5.09. The lowest BCUT2D eigenvalue weighted by molar-refractivity contribution is -0.122. The number of pyridine rings is 1. The summed E-state index contributed by atoms with van der Waals surface area (Å²) in [6, 6.07) is 10.5. The summed E-state index contributed by atoms with van der Waals surface area (Å²) in [5.41, 5.74) is 1.71. The van der Waals surface area contributed by atoms with Gasteiger partial charge in [-0.3, -0.25) is 23.9 Å². The highest BCUT2D eigenvalue weighted by atomic mass is 16.2. The Kier molecular flexibility index (Phi) is 5.07. The number of benzene rings is 1. The number of rotatable bonds is 4. The third kappa shape index (κ3) is 3.87. The molecule has 0 bridgehead atoms. The Labute approximate surface area is 167 Å². The lowest BCUT2D eigenvalue weighted by Crippen LogP contribution is -2.41. The molecule has 3 aromatic rings. The first kappa shape index (κ1) is 18.8. The van der Waals surface area contributed by atoms with Crippen molar-refractivity contribution >= 4 is 22.7 Å². The van der Waals surface area contributed by atoms with Crippen molar-refractivity contribution in [3.8, 4) is 0 Å². The molecule has 1 unspecified atom stereocenters. The highest BCUT2D eigenvalue weighted by Gasteiger charge is 2.28. The van der Waals surface area contributed by atoms with E-state index in [4.69, 9.17) is 0 Å². The van der Waals surface area contributed by atoms with Crippen LogP contribution < -0.4 is 10.9 Å². The van der Waals surface area contributed by atoms with Gasteiger partial charge in [-0.25, -0.2) is 4.98 Å². The molecule has 3 heterocycles. The minimum absolute atomic E-state index is 0.111. The van der Waals surface area contributed by atoms with Crippen molar-refractivity contribution < 1.29 is 9.59 Å². The topological polar surface area (TPSA) is 97.2 Å². The van der Waals surface area contributed by atoms with Gasteiger partial charge in [-0.15, -0.1) is 0 Å². The maximum Gasteiger partial charge on any atom is 0.272 e. The number of fused-ring (bicyclic) bond motifs is 1. The molecule has 1 fully saturated rings. The molecule has 0 aliphatic carbocycles. The average molecular weight is 391 g/mol. The molecular formula is C21H21N5O3. The Balaban J connectivity index is 1.40. The molecule has 2 amide bonds. The molecule has 1 aliphatic heterocycles. The minimum Gasteiger partial charge on any atom is -0.350 e. The first-order valence-electron chi connectivity index (χ1n) is 9.47. The number of amides is 2. The van der Waals surface area contributed by atoms with E-state index in [9.17, 15) is 14.4 Å². The minimum atomic E-state index is -0.280. The highest BCUT2D eigenvalue weighted by Crippen LogP contribution is 2.13. The fourth-order valence-corrected chi connectivity index (χ4v) is 3.59. The van der Waals surface area contributed by atoms with Gasteiger partial charge in [0.25, 0.3) is 11.5 Å². The van der Waals surface area contributed by atoms with Crippen LogP contribution in [0.15, 0.2) is 53.7 Å². The number of likely N-dealkylation sites (tertiary alicyclic amines) is 1. The zero-order chi connectivity index (χ0) is 20.4. The van der Waals surface area contributed by atoms with E-state index in [1.54, 1.807) is 41.4 Å². The summed E-state index contributed by atoms with van der Waals surface area (Å²) in [4.78, 5) is 47.6. The highest BCUT2D eigenvalue weighted by molar-refractivity contribution is 5.92. The number of aromatic nitrogens is 3. The van der Waals surface area contributed by atoms with Crippen molar-refractivity contribution in [2.75, 3.05) is 13.1 Å². The second kappa shape index (κ2) is 7.83. The van der Waals surface area contributed by atoms with Crippen molar-refractivity contribution in [3.63, 3.8) is 0 Å². The first-order chi connectivity index (χ1) is 14.0. The predicted octanol–water partition coefficient (Wildman–Crippen LogP) is 1.13. The third-order valence-electron chi connectivity index (χ3n) is 5.09. The molecule has 8 nitrogen and oxygen atoms in total. The molecule has 8 heteroatoms. The lowest BCUT2D eigenvalue weighted by atomic mass is 10.1. The fraction of sp³-hybridized carbons (Fsp3) is 0.286. The molecule has 1 aliphatic rings. The normalized spacial score (nSPS) is 16.2. The molecule has 0 saturated carbocycles. The predicted molar refractivity (Wildman–Crippen MR) is 107 cm³/mol. The van der Waals surface area contributed by atoms with Gasteiger partial charge in [-0.1, -0.05) is 18.2 Å². The quantitative estimate of drug-likeness (QED) is 0.719. The van der Waals surface area contributed by atoms with Crippen LogP contribution in [0.5, 0.6) is 0 Å². The van der Waals surface area contributed by atoms with Crippen molar-refractivity contribution in [2.24, 2.45) is 0 Å². The van der Waals surface area contributed by atoms with Gasteiger partial charge in [0.15, 0.2) is 0 Å². The van der Waals surface area contributed by atoms with Gasteiger partial charge in [-0.05, 0) is 37.1 Å². The standard InChI is InChI=1S/C21H21N5O3/c1-14-5-4-6-16-19(14)23-13-26(20(16)28)12-18(27)24-15-8-10-25(11-15)21(29)17-7-2-3-9-22-17/h2-7,9,13,15H,8,10-12H2,1H3,(H,24,27). The van der Waals surface area contributed by atoms with E-state index in [0.717, 1.165) is 5.56 Å². The van der Waals surface area contributed by atoms with E-state index >= 15 is 0 Å². The summed E-state index contributed by atoms with van der Waals surface area (Å²) >= 11 is 0. The first-order valence-corrected chi connectivity index (χ1v) is 9.47. The van der Waals surface area contributed by atoms with Gasteiger partial charge >= 0.3 is 0 Å². The second-order valence-corrected chi connectivity index (χ2v) is 7.17. The Morgan fingerprint density at radius 1 is 1.17 bits per heavy atom. The van der Waals surface area contributed by atoms with Crippen molar-refractivity contribution in [3.05, 3.63) is 70.5 Å². The number of nitrogens with one attached hydrogen (secondary N) is 1.